The van der Waals surface area contributed by atoms with E-state index in [-0.39, 0.29) is 35.2 Å². The summed E-state index contributed by atoms with van der Waals surface area (Å²) in [5, 5.41) is 3.89. The van der Waals surface area contributed by atoms with Gasteiger partial charge in [0.1, 0.15) is 23.0 Å². The van der Waals surface area contributed by atoms with E-state index >= 15 is 0 Å². The number of nitrogens with zero attached hydrogens (tertiary/aromatic N) is 4. The SMILES string of the molecule is Cc1cccc(-c2nc3ccn(Cc4cc(-c5ccccc5OC(F)(F)F)no4)cc-3n2)c1F. The number of para-hydroxylation sites is 1. The highest BCUT2D eigenvalue weighted by Crippen LogP contribution is 2.33. The van der Waals surface area contributed by atoms with Gasteiger partial charge in [-0.2, -0.15) is 0 Å². The number of aryl methyl sites for hydroxylation is 1. The minimum Gasteiger partial charge on any atom is -0.405 e. The van der Waals surface area contributed by atoms with E-state index in [0.29, 0.717) is 28.3 Å². The summed E-state index contributed by atoms with van der Waals surface area (Å²) < 4.78 is 63.8. The molecule has 0 aliphatic carbocycles. The predicted octanol–water partition coefficient (Wildman–Crippen LogP) is 6.10. The van der Waals surface area contributed by atoms with Crippen LogP contribution in [0.15, 0.2) is 71.5 Å². The third-order valence-electron chi connectivity index (χ3n) is 5.15. The smallest absolute Gasteiger partial charge is 0.405 e. The molecular formula is C24H16F4N4O2. The number of benzene rings is 2. The highest BCUT2D eigenvalue weighted by Gasteiger charge is 2.32. The molecule has 0 saturated heterocycles. The third-order valence-corrected chi connectivity index (χ3v) is 5.15. The molecule has 1 aromatic heterocycles. The molecule has 0 amide bonds. The van der Waals surface area contributed by atoms with Crippen molar-refractivity contribution < 1.29 is 26.8 Å². The van der Waals surface area contributed by atoms with Crippen molar-refractivity contribution in [2.75, 3.05) is 0 Å². The fraction of sp³-hybridized carbons (Fsp3) is 0.125. The quantitative estimate of drug-likeness (QED) is 0.292. The lowest BCUT2D eigenvalue weighted by Gasteiger charge is -2.11. The van der Waals surface area contributed by atoms with Crippen molar-refractivity contribution in [2.24, 2.45) is 0 Å². The van der Waals surface area contributed by atoms with Gasteiger partial charge in [-0.15, -0.1) is 13.2 Å². The Labute approximate surface area is 190 Å². The molecule has 2 aromatic carbocycles. The van der Waals surface area contributed by atoms with Gasteiger partial charge < -0.3 is 13.8 Å². The maximum atomic E-state index is 14.5. The summed E-state index contributed by atoms with van der Waals surface area (Å²) in [5.74, 6) is -0.0376. The lowest BCUT2D eigenvalue weighted by atomic mass is 10.1. The lowest BCUT2D eigenvalue weighted by Crippen LogP contribution is -2.17. The van der Waals surface area contributed by atoms with Gasteiger partial charge in [-0.3, -0.25) is 0 Å². The molecule has 5 rings (SSSR count). The molecular weight excluding hydrogens is 452 g/mol. The van der Waals surface area contributed by atoms with Gasteiger partial charge in [-0.05, 0) is 36.8 Å². The van der Waals surface area contributed by atoms with Gasteiger partial charge in [0.05, 0.1) is 17.8 Å². The highest BCUT2D eigenvalue weighted by molar-refractivity contribution is 5.67. The Bertz CT molecular complexity index is 1440. The van der Waals surface area contributed by atoms with Crippen molar-refractivity contribution in [2.45, 2.75) is 19.8 Å². The van der Waals surface area contributed by atoms with Crippen LogP contribution in [0.2, 0.25) is 0 Å². The monoisotopic (exact) mass is 468 g/mol. The number of hydrogen-bond acceptors (Lipinski definition) is 5. The fourth-order valence-corrected chi connectivity index (χ4v) is 3.58. The Balaban J connectivity index is 1.40. The summed E-state index contributed by atoms with van der Waals surface area (Å²) in [6.45, 7) is 1.92. The van der Waals surface area contributed by atoms with Crippen molar-refractivity contribution in [1.29, 1.82) is 0 Å². The van der Waals surface area contributed by atoms with Crippen molar-refractivity contribution in [3.8, 4) is 39.8 Å². The van der Waals surface area contributed by atoms with Gasteiger partial charge in [0.25, 0.3) is 0 Å². The van der Waals surface area contributed by atoms with Gasteiger partial charge in [-0.1, -0.05) is 29.4 Å². The molecule has 0 spiro atoms. The molecule has 0 radical (unpaired) electrons. The first-order valence-corrected chi connectivity index (χ1v) is 10.2. The molecule has 0 N–H and O–H groups in total. The van der Waals surface area contributed by atoms with E-state index in [9.17, 15) is 17.6 Å². The molecule has 2 aliphatic heterocycles. The van der Waals surface area contributed by atoms with Gasteiger partial charge >= 0.3 is 6.36 Å². The van der Waals surface area contributed by atoms with E-state index < -0.39 is 6.36 Å². The second kappa shape index (κ2) is 8.29. The van der Waals surface area contributed by atoms with Crippen LogP contribution in [0.4, 0.5) is 17.6 Å². The van der Waals surface area contributed by atoms with Gasteiger partial charge in [0.15, 0.2) is 11.6 Å². The largest absolute Gasteiger partial charge is 0.573 e. The molecule has 34 heavy (non-hydrogen) atoms. The van der Waals surface area contributed by atoms with E-state index in [1.54, 1.807) is 60.3 Å². The van der Waals surface area contributed by atoms with Gasteiger partial charge in [-0.25, -0.2) is 14.4 Å². The predicted molar refractivity (Wildman–Crippen MR) is 114 cm³/mol. The minimum absolute atomic E-state index is 0.155. The molecule has 172 valence electrons. The summed E-state index contributed by atoms with van der Waals surface area (Å²) in [7, 11) is 0. The Morgan fingerprint density at radius 2 is 1.71 bits per heavy atom. The molecule has 6 nitrogen and oxygen atoms in total. The van der Waals surface area contributed by atoms with Crippen LogP contribution in [0.3, 0.4) is 0 Å². The highest BCUT2D eigenvalue weighted by atomic mass is 19.4. The van der Waals surface area contributed by atoms with E-state index in [4.69, 9.17) is 4.52 Å². The number of aromatic nitrogens is 4. The summed E-state index contributed by atoms with van der Waals surface area (Å²) >= 11 is 0. The molecule has 0 atom stereocenters. The van der Waals surface area contributed by atoms with E-state index in [2.05, 4.69) is 19.9 Å². The van der Waals surface area contributed by atoms with Crippen LogP contribution in [0, 0.1) is 12.7 Å². The minimum atomic E-state index is -4.82. The summed E-state index contributed by atoms with van der Waals surface area (Å²) in [6, 6.07) is 14.0. The Kier molecular flexibility index (Phi) is 5.27. The summed E-state index contributed by atoms with van der Waals surface area (Å²) in [6.07, 6.45) is -1.35. The fourth-order valence-electron chi connectivity index (χ4n) is 3.58. The number of hydrogen-bond donors (Lipinski definition) is 0. The molecule has 10 heteroatoms. The first kappa shape index (κ1) is 21.6. The van der Waals surface area contributed by atoms with Crippen LogP contribution >= 0.6 is 0 Å². The van der Waals surface area contributed by atoms with Crippen LogP contribution in [-0.2, 0) is 6.54 Å². The number of pyridine rings is 1. The average Bonchev–Trinajstić information content (AvgIpc) is 3.41. The maximum absolute atomic E-state index is 14.5. The number of fused-ring (bicyclic) bond motifs is 1. The average molecular weight is 468 g/mol. The Morgan fingerprint density at radius 1 is 0.941 bits per heavy atom. The topological polar surface area (TPSA) is 66.0 Å². The van der Waals surface area contributed by atoms with Crippen LogP contribution in [0.25, 0.3) is 34.0 Å². The molecule has 0 unspecified atom stereocenters. The number of imidazole rings is 1. The third kappa shape index (κ3) is 4.34. The zero-order valence-corrected chi connectivity index (χ0v) is 17.7. The molecule has 2 aliphatic rings. The number of ether oxygens (including phenoxy) is 1. The van der Waals surface area contributed by atoms with Crippen molar-refractivity contribution in [1.82, 2.24) is 19.7 Å². The molecule has 0 saturated carbocycles. The first-order valence-electron chi connectivity index (χ1n) is 10.2. The zero-order valence-electron chi connectivity index (χ0n) is 17.7. The first-order chi connectivity index (χ1) is 16.3. The number of rotatable bonds is 5. The van der Waals surface area contributed by atoms with Crippen LogP contribution in [-0.4, -0.2) is 26.1 Å². The van der Waals surface area contributed by atoms with Crippen LogP contribution in [0.1, 0.15) is 11.3 Å². The lowest BCUT2D eigenvalue weighted by molar-refractivity contribution is -0.274. The van der Waals surface area contributed by atoms with E-state index in [1.165, 1.54) is 18.2 Å². The second-order valence-electron chi connectivity index (χ2n) is 7.59. The molecule has 0 bridgehead atoms. The summed E-state index contributed by atoms with van der Waals surface area (Å²) in [5.41, 5.74) is 2.35. The number of alkyl halides is 3. The normalized spacial score (nSPS) is 11.8. The molecule has 3 aromatic rings. The summed E-state index contributed by atoms with van der Waals surface area (Å²) in [4.78, 5) is 8.85. The van der Waals surface area contributed by atoms with Gasteiger partial charge in [0.2, 0.25) is 0 Å². The number of halogens is 4. The van der Waals surface area contributed by atoms with Gasteiger partial charge in [0, 0.05) is 24.0 Å². The van der Waals surface area contributed by atoms with E-state index in [1.807, 2.05) is 0 Å². The van der Waals surface area contributed by atoms with Crippen LogP contribution in [0.5, 0.6) is 5.75 Å². The standard InChI is InChI=1S/C24H16F4N4O2/c1-14-5-4-7-17(22(14)25)23-29-18-9-10-32(13-20(18)30-23)12-15-11-19(31-34-15)16-6-2-3-8-21(16)33-24(26,27)28/h2-11,13H,12H2,1H3. The Morgan fingerprint density at radius 3 is 2.53 bits per heavy atom. The van der Waals surface area contributed by atoms with Crippen LogP contribution < -0.4 is 4.74 Å². The maximum Gasteiger partial charge on any atom is 0.573 e. The zero-order chi connectivity index (χ0) is 23.9. The second-order valence-corrected chi connectivity index (χ2v) is 7.59. The van der Waals surface area contributed by atoms with E-state index in [0.717, 1.165) is 0 Å². The molecule has 0 fully saturated rings. The van der Waals surface area contributed by atoms with Crippen molar-refractivity contribution >= 4 is 0 Å². The van der Waals surface area contributed by atoms with Crippen molar-refractivity contribution in [3.63, 3.8) is 0 Å². The van der Waals surface area contributed by atoms with Crippen molar-refractivity contribution in [3.05, 3.63) is 84.1 Å². The molecule has 3 heterocycles. The Hall–Kier alpha value is -4.21.